The van der Waals surface area contributed by atoms with E-state index in [9.17, 15) is 9.59 Å². The van der Waals surface area contributed by atoms with Crippen LogP contribution in [0, 0.1) is 0 Å². The van der Waals surface area contributed by atoms with E-state index in [2.05, 4.69) is 0 Å². The molecule has 0 aromatic carbocycles. The molecule has 10 heavy (non-hydrogen) atoms. The van der Waals surface area contributed by atoms with Crippen molar-refractivity contribution in [2.75, 3.05) is 6.54 Å². The molecule has 1 aliphatic heterocycles. The van der Waals surface area contributed by atoms with Crippen LogP contribution in [0.5, 0.6) is 0 Å². The van der Waals surface area contributed by atoms with E-state index in [-0.39, 0.29) is 46.5 Å². The van der Waals surface area contributed by atoms with E-state index in [1.807, 2.05) is 0 Å². The van der Waals surface area contributed by atoms with Crippen LogP contribution >= 0.6 is 0 Å². The maximum Gasteiger partial charge on any atom is 2.00 e. The molecule has 0 radical (unpaired) electrons. The van der Waals surface area contributed by atoms with Crippen molar-refractivity contribution in [3.05, 3.63) is 0 Å². The zero-order valence-corrected chi connectivity index (χ0v) is 7.75. The Bertz CT molecular complexity index is 167. The summed E-state index contributed by atoms with van der Waals surface area (Å²) in [7, 11) is 0. The summed E-state index contributed by atoms with van der Waals surface area (Å²) in [6.45, 7) is 0.369. The Balaban J connectivity index is -0.000000270. The molecule has 1 aliphatic rings. The van der Waals surface area contributed by atoms with Gasteiger partial charge in [0.25, 0.3) is 0 Å². The average molecular weight is 171 g/mol. The molecule has 0 spiro atoms. The summed E-state index contributed by atoms with van der Waals surface area (Å²) in [5, 5.41) is 8.29. The molecule has 54 valence electrons. The number of nitrogens with zero attached hydrogens (tertiary/aromatic N) is 1. The van der Waals surface area contributed by atoms with Gasteiger partial charge < -0.3 is 7.96 Å². The fourth-order valence-electron chi connectivity index (χ4n) is 0.850. The van der Waals surface area contributed by atoms with E-state index in [0.717, 1.165) is 4.90 Å². The Kier molecular flexibility index (Phi) is 4.24. The fraction of sp³-hybridized carbons (Fsp3) is 0.600. The Labute approximate surface area is 91.2 Å². The molecule has 0 aromatic rings. The second-order valence-corrected chi connectivity index (χ2v) is 1.93. The van der Waals surface area contributed by atoms with Crippen LogP contribution < -0.4 is 0 Å². The molecule has 0 saturated carbocycles. The zero-order valence-electron chi connectivity index (χ0n) is 7.54. The Hall–Kier alpha value is 0.200. The van der Waals surface area contributed by atoms with Crippen molar-refractivity contribution in [3.63, 3.8) is 0 Å². The number of carbonyl (C=O) groups is 2. The van der Waals surface area contributed by atoms with Crippen LogP contribution in [-0.2, 0) is 4.79 Å². The summed E-state index contributed by atoms with van der Waals surface area (Å²) in [6.07, 6.45) is -0.0743. The smallest absolute Gasteiger partial charge is 1.00 e. The summed E-state index contributed by atoms with van der Waals surface area (Å²) in [5.74, 6) is -0.275. The molecular weight excluding hydrogens is 162 g/mol. The van der Waals surface area contributed by atoms with Crippen molar-refractivity contribution in [3.8, 4) is 0 Å². The molecule has 5 heteroatoms. The molecule has 0 atom stereocenters. The summed E-state index contributed by atoms with van der Waals surface area (Å²) in [5.41, 5.74) is 0. The molecule has 0 aromatic heterocycles. The first-order valence-corrected chi connectivity index (χ1v) is 2.75. The van der Waals surface area contributed by atoms with Crippen molar-refractivity contribution >= 4 is 49.7 Å². The maximum atomic E-state index is 10.6. The van der Waals surface area contributed by atoms with E-state index in [1.165, 1.54) is 0 Å². The zero-order chi connectivity index (χ0) is 6.85. The number of amides is 2. The van der Waals surface area contributed by atoms with Gasteiger partial charge in [0.05, 0.1) is 0 Å². The van der Waals surface area contributed by atoms with Gasteiger partial charge in [-0.1, -0.05) is 0 Å². The summed E-state index contributed by atoms with van der Waals surface area (Å²) in [4.78, 5) is 21.5. The van der Waals surface area contributed by atoms with E-state index in [0.29, 0.717) is 19.4 Å². The second-order valence-electron chi connectivity index (χ2n) is 1.93. The van der Waals surface area contributed by atoms with Gasteiger partial charge in [0.15, 0.2) is 0 Å². The molecule has 4 nitrogen and oxygen atoms in total. The molecule has 0 bridgehead atoms. The quantitative estimate of drug-likeness (QED) is 0.527. The standard InChI is InChI=1S/C5H7NO3.Ca.2H/c7-4-2-1-3-6(4)5(8)9;;;/h1-3H2,(H,8,9);;;/q;+2;2*-1. The average Bonchev–Trinajstić information content (AvgIpc) is 2.13. The van der Waals surface area contributed by atoms with E-state index in [1.54, 1.807) is 0 Å². The summed E-state index contributed by atoms with van der Waals surface area (Å²) >= 11 is 0. The third-order valence-corrected chi connectivity index (χ3v) is 1.30. The van der Waals surface area contributed by atoms with Gasteiger partial charge in [-0.2, -0.15) is 0 Å². The number of imide groups is 1. The number of hydrogen-bond donors (Lipinski definition) is 1. The van der Waals surface area contributed by atoms with Gasteiger partial charge in [0.2, 0.25) is 5.91 Å². The van der Waals surface area contributed by atoms with Crippen molar-refractivity contribution in [1.82, 2.24) is 4.90 Å². The number of rotatable bonds is 0. The Morgan fingerprint density at radius 1 is 1.70 bits per heavy atom. The number of likely N-dealkylation sites (tertiary alicyclic amines) is 1. The van der Waals surface area contributed by atoms with Gasteiger partial charge in [-0.25, -0.2) is 9.69 Å². The topological polar surface area (TPSA) is 57.6 Å². The minimum absolute atomic E-state index is 0. The first-order chi connectivity index (χ1) is 4.22. The van der Waals surface area contributed by atoms with Crippen LogP contribution in [0.25, 0.3) is 0 Å². The molecule has 1 N–H and O–H groups in total. The summed E-state index contributed by atoms with van der Waals surface area (Å²) < 4.78 is 0. The van der Waals surface area contributed by atoms with Crippen LogP contribution in [0.3, 0.4) is 0 Å². The minimum Gasteiger partial charge on any atom is -1.00 e. The minimum atomic E-state index is -1.13. The van der Waals surface area contributed by atoms with Crippen molar-refractivity contribution in [2.24, 2.45) is 0 Å². The van der Waals surface area contributed by atoms with Crippen LogP contribution in [0.2, 0.25) is 0 Å². The first kappa shape index (κ1) is 10.2. The second kappa shape index (κ2) is 4.16. The molecule has 1 heterocycles. The Morgan fingerprint density at radius 2 is 2.30 bits per heavy atom. The predicted octanol–water partition coefficient (Wildman–Crippen LogP) is 0.131. The predicted molar refractivity (Wildman–Crippen MR) is 36.9 cm³/mol. The van der Waals surface area contributed by atoms with Crippen molar-refractivity contribution in [2.45, 2.75) is 12.8 Å². The molecule has 1 saturated heterocycles. The molecule has 1 fully saturated rings. The van der Waals surface area contributed by atoms with Gasteiger partial charge in [0.1, 0.15) is 0 Å². The maximum absolute atomic E-state index is 10.6. The molecule has 0 aliphatic carbocycles. The van der Waals surface area contributed by atoms with Gasteiger partial charge in [-0.3, -0.25) is 4.79 Å². The molecule has 1 rings (SSSR count). The molecule has 0 unspecified atom stereocenters. The van der Waals surface area contributed by atoms with Crippen molar-refractivity contribution in [1.29, 1.82) is 0 Å². The number of carbonyl (C=O) groups excluding carboxylic acids is 1. The third kappa shape index (κ3) is 2.11. The molecular formula is C5H9CaNO3. The van der Waals surface area contributed by atoms with Gasteiger partial charge in [-0.15, -0.1) is 0 Å². The summed E-state index contributed by atoms with van der Waals surface area (Å²) in [6, 6.07) is 0. The van der Waals surface area contributed by atoms with Crippen molar-refractivity contribution < 1.29 is 17.5 Å². The van der Waals surface area contributed by atoms with Crippen LogP contribution in [0.15, 0.2) is 0 Å². The Morgan fingerprint density at radius 3 is 2.50 bits per heavy atom. The van der Waals surface area contributed by atoms with Crippen LogP contribution in [0.4, 0.5) is 4.79 Å². The molecule has 2 amide bonds. The fourth-order valence-corrected chi connectivity index (χ4v) is 0.850. The van der Waals surface area contributed by atoms with Gasteiger partial charge >= 0.3 is 43.8 Å². The van der Waals surface area contributed by atoms with Gasteiger partial charge in [-0.05, 0) is 6.42 Å². The normalized spacial score (nSPS) is 16.8. The van der Waals surface area contributed by atoms with E-state index < -0.39 is 6.09 Å². The SMILES string of the molecule is O=C(O)N1CCCC1=O.[Ca+2].[H-].[H-]. The van der Waals surface area contributed by atoms with Gasteiger partial charge in [0, 0.05) is 13.0 Å². The first-order valence-electron chi connectivity index (χ1n) is 2.75. The van der Waals surface area contributed by atoms with E-state index >= 15 is 0 Å². The number of carboxylic acid groups (broad SMARTS) is 1. The van der Waals surface area contributed by atoms with E-state index in [4.69, 9.17) is 5.11 Å². The van der Waals surface area contributed by atoms with Crippen LogP contribution in [0.1, 0.15) is 15.7 Å². The number of hydrogen-bond acceptors (Lipinski definition) is 2. The van der Waals surface area contributed by atoms with Crippen LogP contribution in [-0.4, -0.2) is 66.3 Å². The monoisotopic (exact) mass is 171 g/mol. The largest absolute Gasteiger partial charge is 2.00 e. The third-order valence-electron chi connectivity index (χ3n) is 1.30.